The molecule has 0 fully saturated rings. The minimum atomic E-state index is -2.79. The molecule has 2 aromatic heterocycles. The Bertz CT molecular complexity index is 1580. The Labute approximate surface area is 238 Å². The largest absolute Gasteiger partial charge is 0.203 e. The van der Waals surface area contributed by atoms with Gasteiger partial charge >= 0.3 is 0 Å². The van der Waals surface area contributed by atoms with Gasteiger partial charge in [-0.25, -0.2) is 35.1 Å². The van der Waals surface area contributed by atoms with E-state index in [9.17, 15) is 17.6 Å². The van der Waals surface area contributed by atoms with Crippen molar-refractivity contribution >= 4 is 69.4 Å². The molecule has 4 aromatic rings. The van der Waals surface area contributed by atoms with Crippen molar-refractivity contribution in [2.45, 2.75) is 77.8 Å². The van der Waals surface area contributed by atoms with Gasteiger partial charge in [0, 0.05) is 30.5 Å². The van der Waals surface area contributed by atoms with Crippen LogP contribution in [0.1, 0.15) is 41.5 Å². The van der Waals surface area contributed by atoms with Gasteiger partial charge in [-0.05, 0) is 10.1 Å². The van der Waals surface area contributed by atoms with Crippen LogP contribution in [0.4, 0.5) is 35.1 Å². The highest BCUT2D eigenvalue weighted by atomic mass is 32.1. The lowest BCUT2D eigenvalue weighted by Gasteiger charge is -2.36. The number of hydrogen-bond donors (Lipinski definition) is 0. The molecule has 4 rings (SSSR count). The first-order valence-electron chi connectivity index (χ1n) is 12.6. The third kappa shape index (κ3) is 4.14. The van der Waals surface area contributed by atoms with Crippen LogP contribution in [-0.4, -0.2) is 16.1 Å². The highest BCUT2D eigenvalue weighted by Crippen LogP contribution is 2.50. The second kappa shape index (κ2) is 9.37. The molecule has 0 unspecified atom stereocenters. The Morgan fingerprint density at radius 2 is 0.625 bits per heavy atom. The Balaban J connectivity index is 2.34. The lowest BCUT2D eigenvalue weighted by atomic mass is 10.1. The summed E-state index contributed by atoms with van der Waals surface area (Å²) in [6.07, 6.45) is 0. The van der Waals surface area contributed by atoms with Crippen LogP contribution < -0.4 is 9.00 Å². The van der Waals surface area contributed by atoms with Gasteiger partial charge in [0.15, 0.2) is 46.5 Å². The third-order valence-electron chi connectivity index (χ3n) is 8.94. The fourth-order valence-corrected chi connectivity index (χ4v) is 14.2. The summed E-state index contributed by atoms with van der Waals surface area (Å²) in [6.45, 7) is 18.8. The van der Waals surface area contributed by atoms with E-state index in [-0.39, 0.29) is 9.75 Å². The topological polar surface area (TPSA) is 0 Å². The maximum absolute atomic E-state index is 15.6. The highest BCUT2D eigenvalue weighted by molar-refractivity contribution is 7.36. The van der Waals surface area contributed by atoms with Gasteiger partial charge in [0.1, 0.15) is 0 Å². The minimum Gasteiger partial charge on any atom is -0.203 e. The zero-order chi connectivity index (χ0) is 30.7. The van der Waals surface area contributed by atoms with Crippen molar-refractivity contribution in [2.24, 2.45) is 0 Å². The SMILES string of the molecule is CC(C)(C)[Si](C)(C)c1sc(-c2sc([Si](C)(C)C(C)(C)C)c3c(F)c(F)c(F)c(F)c23)c2c(F)c(F)c(F)c(F)c12. The normalized spacial score (nSPS) is 13.8. The Hall–Kier alpha value is -1.77. The van der Waals surface area contributed by atoms with Crippen LogP contribution in [0, 0.1) is 46.5 Å². The smallest absolute Gasteiger partial charge is 0.198 e. The Morgan fingerprint density at radius 1 is 0.400 bits per heavy atom. The summed E-state index contributed by atoms with van der Waals surface area (Å²) in [7, 11) is -5.58. The third-order valence-corrected chi connectivity index (χ3v) is 25.1. The zero-order valence-corrected chi connectivity index (χ0v) is 27.5. The van der Waals surface area contributed by atoms with Gasteiger partial charge < -0.3 is 0 Å². The van der Waals surface area contributed by atoms with Crippen molar-refractivity contribution in [1.29, 1.82) is 0 Å². The first-order valence-corrected chi connectivity index (χ1v) is 20.2. The molecule has 0 spiro atoms. The average molecular weight is 639 g/mol. The molecule has 0 aliphatic rings. The first kappa shape index (κ1) is 31.2. The molecule has 0 N–H and O–H groups in total. The molecule has 0 nitrogen and oxygen atoms in total. The van der Waals surface area contributed by atoms with Crippen LogP contribution in [-0.2, 0) is 0 Å². The van der Waals surface area contributed by atoms with Crippen LogP contribution >= 0.6 is 22.7 Å². The molecule has 0 aliphatic carbocycles. The molecule has 0 bridgehead atoms. The fraction of sp³-hybridized carbons (Fsp3) is 0.429. The van der Waals surface area contributed by atoms with E-state index in [0.29, 0.717) is 9.00 Å². The van der Waals surface area contributed by atoms with Crippen molar-refractivity contribution in [3.8, 4) is 9.75 Å². The number of benzene rings is 2. The number of rotatable bonds is 3. The monoisotopic (exact) mass is 638 g/mol. The lowest BCUT2D eigenvalue weighted by Crippen LogP contribution is -2.48. The maximum Gasteiger partial charge on any atom is 0.198 e. The molecule has 12 heteroatoms. The summed E-state index contributed by atoms with van der Waals surface area (Å²) < 4.78 is 121. The predicted molar refractivity (Wildman–Crippen MR) is 156 cm³/mol. The summed E-state index contributed by atoms with van der Waals surface area (Å²) in [4.78, 5) is -0.344. The number of halogens is 8. The second-order valence-electron chi connectivity index (χ2n) is 13.3. The van der Waals surface area contributed by atoms with Crippen molar-refractivity contribution in [1.82, 2.24) is 0 Å². The van der Waals surface area contributed by atoms with E-state index in [4.69, 9.17) is 0 Å². The first-order chi connectivity index (χ1) is 18.0. The van der Waals surface area contributed by atoms with Crippen molar-refractivity contribution in [2.75, 3.05) is 0 Å². The summed E-state index contributed by atoms with van der Waals surface area (Å²) >= 11 is 1.69. The van der Waals surface area contributed by atoms with Crippen molar-refractivity contribution in [3.63, 3.8) is 0 Å². The molecule has 0 saturated heterocycles. The summed E-state index contributed by atoms with van der Waals surface area (Å²) in [6, 6.07) is 0. The highest BCUT2D eigenvalue weighted by Gasteiger charge is 2.45. The average Bonchev–Trinajstić information content (AvgIpc) is 3.42. The quantitative estimate of drug-likeness (QED) is 0.0907. The predicted octanol–water partition coefficient (Wildman–Crippen LogP) is 10.3. The Kier molecular flexibility index (Phi) is 7.30. The summed E-state index contributed by atoms with van der Waals surface area (Å²) in [5.41, 5.74) is 0. The molecule has 40 heavy (non-hydrogen) atoms. The van der Waals surface area contributed by atoms with Gasteiger partial charge in [0.2, 0.25) is 0 Å². The van der Waals surface area contributed by atoms with Crippen LogP contribution in [0.2, 0.25) is 36.3 Å². The number of fused-ring (bicyclic) bond motifs is 2. The second-order valence-corrected chi connectivity index (χ2v) is 26.5. The Morgan fingerprint density at radius 3 is 0.850 bits per heavy atom. The molecule has 0 atom stereocenters. The van der Waals surface area contributed by atoms with E-state index in [2.05, 4.69) is 0 Å². The van der Waals surface area contributed by atoms with Gasteiger partial charge in [-0.15, -0.1) is 22.7 Å². The van der Waals surface area contributed by atoms with E-state index in [1.165, 1.54) is 0 Å². The fourth-order valence-electron chi connectivity index (χ4n) is 4.41. The minimum absolute atomic E-state index is 0.172. The molecule has 0 saturated carbocycles. The van der Waals surface area contributed by atoms with Crippen LogP contribution in [0.25, 0.3) is 31.3 Å². The van der Waals surface area contributed by atoms with E-state index >= 15 is 17.6 Å². The van der Waals surface area contributed by atoms with Crippen LogP contribution in [0.5, 0.6) is 0 Å². The molecular formula is C28H30F8S2Si2. The zero-order valence-electron chi connectivity index (χ0n) is 23.8. The van der Waals surface area contributed by atoms with Crippen molar-refractivity contribution < 1.29 is 35.1 Å². The van der Waals surface area contributed by atoms with Crippen LogP contribution in [0.15, 0.2) is 0 Å². The van der Waals surface area contributed by atoms with E-state index in [1.807, 2.05) is 67.7 Å². The molecule has 0 radical (unpaired) electrons. The van der Waals surface area contributed by atoms with Gasteiger partial charge in [-0.1, -0.05) is 67.7 Å². The lowest BCUT2D eigenvalue weighted by molar-refractivity contribution is 0.418. The van der Waals surface area contributed by atoms with Crippen LogP contribution in [0.3, 0.4) is 0 Å². The van der Waals surface area contributed by atoms with E-state index < -0.39 is 94.3 Å². The molecule has 2 heterocycles. The molecule has 2 aromatic carbocycles. The maximum atomic E-state index is 15.6. The number of hydrogen-bond acceptors (Lipinski definition) is 2. The summed E-state index contributed by atoms with van der Waals surface area (Å²) in [5.74, 6) is -14.5. The van der Waals surface area contributed by atoms with Gasteiger partial charge in [0.05, 0.1) is 25.9 Å². The molecule has 0 amide bonds. The molecule has 218 valence electrons. The van der Waals surface area contributed by atoms with Gasteiger partial charge in [-0.3, -0.25) is 0 Å². The number of thiophene rings is 2. The molecular weight excluding hydrogens is 609 g/mol. The van der Waals surface area contributed by atoms with E-state index in [1.54, 1.807) is 0 Å². The van der Waals surface area contributed by atoms with Crippen molar-refractivity contribution in [3.05, 3.63) is 46.5 Å². The van der Waals surface area contributed by atoms with Gasteiger partial charge in [-0.2, -0.15) is 0 Å². The van der Waals surface area contributed by atoms with E-state index in [0.717, 1.165) is 22.7 Å². The standard InChI is InChI=1S/C28H30F8S2Si2/c1-27(2,3)39(7,8)25-13-11(15(29)19(33)21(35)17(13)31)23(37-25)24-12-14(18(32)22(36)20(34)16(12)30)26(38-24)40(9,10)28(4,5)6/h1-10H3. The van der Waals surface area contributed by atoms with Gasteiger partial charge in [0.25, 0.3) is 0 Å². The summed E-state index contributed by atoms with van der Waals surface area (Å²) in [5, 5.41) is -3.08. The molecule has 0 aliphatic heterocycles.